The van der Waals surface area contributed by atoms with Crippen LogP contribution in [0.15, 0.2) is 54.7 Å². The van der Waals surface area contributed by atoms with Gasteiger partial charge < -0.3 is 10.1 Å². The molecule has 116 valence electrons. The van der Waals surface area contributed by atoms with Crippen molar-refractivity contribution in [1.82, 2.24) is 9.97 Å². The van der Waals surface area contributed by atoms with Gasteiger partial charge in [-0.15, -0.1) is 11.3 Å². The lowest BCUT2D eigenvalue weighted by molar-refractivity contribution is -0.134. The maximum atomic E-state index is 9.00. The number of carbonyl (C=O) groups is 1. The van der Waals surface area contributed by atoms with Crippen LogP contribution in [-0.4, -0.2) is 21.0 Å². The number of carboxylic acids is 1. The number of nitrogens with zero attached hydrogens (tertiary/aromatic N) is 1. The summed E-state index contributed by atoms with van der Waals surface area (Å²) in [6.07, 6.45) is 2.99. The van der Waals surface area contributed by atoms with E-state index in [9.17, 15) is 0 Å². The Morgan fingerprint density at radius 2 is 1.87 bits per heavy atom. The molecule has 0 radical (unpaired) electrons. The lowest BCUT2D eigenvalue weighted by atomic mass is 10.1. The summed E-state index contributed by atoms with van der Waals surface area (Å²) in [6, 6.07) is 16.7. The normalized spacial score (nSPS) is 10.5. The van der Waals surface area contributed by atoms with Crippen LogP contribution in [0, 0.1) is 0 Å². The molecule has 0 bridgehead atoms. The SMILES string of the molecule is CC(=O)O.c1ccc2sc(Cc3c[nH]c4ccccc34)nc2c1. The number of aliphatic carboxylic acids is 1. The zero-order valence-corrected chi connectivity index (χ0v) is 13.4. The fourth-order valence-corrected chi connectivity index (χ4v) is 3.43. The van der Waals surface area contributed by atoms with E-state index in [4.69, 9.17) is 14.9 Å². The van der Waals surface area contributed by atoms with E-state index >= 15 is 0 Å². The monoisotopic (exact) mass is 324 g/mol. The molecule has 0 fully saturated rings. The van der Waals surface area contributed by atoms with Crippen LogP contribution in [0.4, 0.5) is 0 Å². The molecule has 4 rings (SSSR count). The highest BCUT2D eigenvalue weighted by molar-refractivity contribution is 7.18. The molecular weight excluding hydrogens is 308 g/mol. The third-order valence-corrected chi connectivity index (χ3v) is 4.39. The van der Waals surface area contributed by atoms with Gasteiger partial charge in [0.05, 0.1) is 15.2 Å². The number of hydrogen-bond acceptors (Lipinski definition) is 3. The van der Waals surface area contributed by atoms with Crippen LogP contribution in [0.1, 0.15) is 17.5 Å². The number of fused-ring (bicyclic) bond motifs is 2. The molecule has 0 amide bonds. The number of benzene rings is 2. The Bertz CT molecular complexity index is 919. The standard InChI is InChI=1S/C16H12N2S.C2H4O2/c1-2-6-13-12(5-1)11(10-17-13)9-16-18-14-7-3-4-8-15(14)19-16;1-2(3)4/h1-8,10,17H,9H2;1H3,(H,3,4). The molecule has 2 heterocycles. The number of nitrogens with one attached hydrogen (secondary N) is 1. The van der Waals surface area contributed by atoms with Crippen LogP contribution in [-0.2, 0) is 11.2 Å². The number of rotatable bonds is 2. The van der Waals surface area contributed by atoms with E-state index in [-0.39, 0.29) is 0 Å². The van der Waals surface area contributed by atoms with E-state index in [0.717, 1.165) is 18.9 Å². The minimum absolute atomic E-state index is 0.833. The second kappa shape index (κ2) is 6.62. The Morgan fingerprint density at radius 1 is 1.17 bits per heavy atom. The van der Waals surface area contributed by atoms with Gasteiger partial charge in [0, 0.05) is 30.4 Å². The number of thiazole rings is 1. The summed E-state index contributed by atoms with van der Waals surface area (Å²) in [7, 11) is 0. The van der Waals surface area contributed by atoms with Gasteiger partial charge in [0.25, 0.3) is 5.97 Å². The maximum Gasteiger partial charge on any atom is 0.300 e. The van der Waals surface area contributed by atoms with E-state index < -0.39 is 5.97 Å². The van der Waals surface area contributed by atoms with Gasteiger partial charge in [-0.1, -0.05) is 30.3 Å². The number of aromatic amines is 1. The third-order valence-electron chi connectivity index (χ3n) is 3.35. The third kappa shape index (κ3) is 3.57. The number of aromatic nitrogens is 2. The molecule has 2 N–H and O–H groups in total. The first-order valence-electron chi connectivity index (χ1n) is 7.22. The fraction of sp³-hybridized carbons (Fsp3) is 0.111. The van der Waals surface area contributed by atoms with Gasteiger partial charge in [0.2, 0.25) is 0 Å². The average Bonchev–Trinajstić information content (AvgIpc) is 3.11. The number of para-hydroxylation sites is 2. The molecule has 5 heteroatoms. The number of hydrogen-bond donors (Lipinski definition) is 2. The summed E-state index contributed by atoms with van der Waals surface area (Å²) in [5.41, 5.74) is 3.61. The van der Waals surface area contributed by atoms with Crippen molar-refractivity contribution in [2.24, 2.45) is 0 Å². The molecule has 0 aliphatic rings. The van der Waals surface area contributed by atoms with E-state index in [1.807, 2.05) is 6.07 Å². The quantitative estimate of drug-likeness (QED) is 0.572. The summed E-state index contributed by atoms with van der Waals surface area (Å²) in [4.78, 5) is 17.0. The van der Waals surface area contributed by atoms with Crippen LogP contribution < -0.4 is 0 Å². The molecule has 2 aromatic heterocycles. The highest BCUT2D eigenvalue weighted by atomic mass is 32.1. The van der Waals surface area contributed by atoms with Crippen LogP contribution in [0.3, 0.4) is 0 Å². The van der Waals surface area contributed by atoms with Gasteiger partial charge in [0.1, 0.15) is 0 Å². The topological polar surface area (TPSA) is 66.0 Å². The molecule has 2 aromatic carbocycles. The molecule has 0 saturated heterocycles. The highest BCUT2D eigenvalue weighted by Gasteiger charge is 2.07. The Kier molecular flexibility index (Phi) is 4.39. The van der Waals surface area contributed by atoms with Crippen LogP contribution in [0.5, 0.6) is 0 Å². The van der Waals surface area contributed by atoms with E-state index in [1.165, 1.54) is 26.2 Å². The first-order chi connectivity index (χ1) is 11.1. The molecule has 0 saturated carbocycles. The first-order valence-corrected chi connectivity index (χ1v) is 8.04. The Labute approximate surface area is 137 Å². The molecule has 0 unspecified atom stereocenters. The van der Waals surface area contributed by atoms with Gasteiger partial charge in [-0.3, -0.25) is 4.79 Å². The van der Waals surface area contributed by atoms with Crippen molar-refractivity contribution in [2.75, 3.05) is 0 Å². The van der Waals surface area contributed by atoms with E-state index in [2.05, 4.69) is 53.6 Å². The van der Waals surface area contributed by atoms with Crippen molar-refractivity contribution in [3.8, 4) is 0 Å². The lowest BCUT2D eigenvalue weighted by Gasteiger charge is -1.94. The zero-order valence-electron chi connectivity index (χ0n) is 12.6. The molecule has 0 atom stereocenters. The van der Waals surface area contributed by atoms with Crippen molar-refractivity contribution < 1.29 is 9.90 Å². The second-order valence-corrected chi connectivity index (χ2v) is 6.25. The molecular formula is C18H16N2O2S. The minimum atomic E-state index is -0.833. The predicted octanol–water partition coefficient (Wildman–Crippen LogP) is 4.46. The Hall–Kier alpha value is -2.66. The first kappa shape index (κ1) is 15.2. The average molecular weight is 324 g/mol. The van der Waals surface area contributed by atoms with Crippen molar-refractivity contribution in [2.45, 2.75) is 13.3 Å². The van der Waals surface area contributed by atoms with Crippen molar-refractivity contribution in [1.29, 1.82) is 0 Å². The lowest BCUT2D eigenvalue weighted by Crippen LogP contribution is -1.84. The van der Waals surface area contributed by atoms with Crippen LogP contribution in [0.2, 0.25) is 0 Å². The number of carboxylic acid groups (broad SMARTS) is 1. The Balaban J connectivity index is 0.000000354. The van der Waals surface area contributed by atoms with Gasteiger partial charge in [-0.25, -0.2) is 4.98 Å². The van der Waals surface area contributed by atoms with E-state index in [0.29, 0.717) is 0 Å². The molecule has 0 spiro atoms. The van der Waals surface area contributed by atoms with E-state index in [1.54, 1.807) is 11.3 Å². The summed E-state index contributed by atoms with van der Waals surface area (Å²) >= 11 is 1.78. The summed E-state index contributed by atoms with van der Waals surface area (Å²) in [6.45, 7) is 1.08. The summed E-state index contributed by atoms with van der Waals surface area (Å²) in [5, 5.41) is 9.88. The smallest absolute Gasteiger partial charge is 0.300 e. The molecule has 23 heavy (non-hydrogen) atoms. The van der Waals surface area contributed by atoms with Gasteiger partial charge in [0.15, 0.2) is 0 Å². The van der Waals surface area contributed by atoms with Crippen LogP contribution >= 0.6 is 11.3 Å². The molecule has 0 aliphatic heterocycles. The predicted molar refractivity (Wildman–Crippen MR) is 94.0 cm³/mol. The minimum Gasteiger partial charge on any atom is -0.481 e. The second-order valence-electron chi connectivity index (χ2n) is 5.13. The fourth-order valence-electron chi connectivity index (χ4n) is 2.44. The highest BCUT2D eigenvalue weighted by Crippen LogP contribution is 2.26. The van der Waals surface area contributed by atoms with Crippen LogP contribution in [0.25, 0.3) is 21.1 Å². The molecule has 0 aliphatic carbocycles. The van der Waals surface area contributed by atoms with Gasteiger partial charge in [-0.05, 0) is 23.8 Å². The molecule has 4 aromatic rings. The largest absolute Gasteiger partial charge is 0.481 e. The zero-order chi connectivity index (χ0) is 16.2. The van der Waals surface area contributed by atoms with Crippen molar-refractivity contribution in [3.05, 3.63) is 65.3 Å². The van der Waals surface area contributed by atoms with Gasteiger partial charge in [-0.2, -0.15) is 0 Å². The summed E-state index contributed by atoms with van der Waals surface area (Å²) < 4.78 is 1.26. The Morgan fingerprint density at radius 3 is 2.65 bits per heavy atom. The van der Waals surface area contributed by atoms with Crippen molar-refractivity contribution >= 4 is 38.4 Å². The molecule has 4 nitrogen and oxygen atoms in total. The maximum absolute atomic E-state index is 9.00. The summed E-state index contributed by atoms with van der Waals surface area (Å²) in [5.74, 6) is -0.833. The number of H-pyrrole nitrogens is 1. The van der Waals surface area contributed by atoms with Gasteiger partial charge >= 0.3 is 0 Å². The van der Waals surface area contributed by atoms with Crippen molar-refractivity contribution in [3.63, 3.8) is 0 Å².